The maximum atomic E-state index is 6.30. The second kappa shape index (κ2) is 6.12. The zero-order valence-corrected chi connectivity index (χ0v) is 12.1. The molecule has 0 aliphatic carbocycles. The molecule has 0 amide bonds. The highest BCUT2D eigenvalue weighted by atomic mass is 35.5. The van der Waals surface area contributed by atoms with Crippen molar-refractivity contribution in [3.05, 3.63) is 34.3 Å². The Morgan fingerprint density at radius 1 is 1.53 bits per heavy atom. The molecule has 2 atom stereocenters. The molecule has 17 heavy (non-hydrogen) atoms. The zero-order valence-electron chi connectivity index (χ0n) is 10.5. The Morgan fingerprint density at radius 3 is 2.94 bits per heavy atom. The average Bonchev–Trinajstić information content (AvgIpc) is 2.81. The van der Waals surface area contributed by atoms with Crippen LogP contribution in [-0.4, -0.2) is 24.1 Å². The average molecular weight is 270 g/mol. The van der Waals surface area contributed by atoms with Crippen molar-refractivity contribution in [1.82, 2.24) is 5.32 Å². The molecule has 0 bridgehead atoms. The van der Waals surface area contributed by atoms with Gasteiger partial charge in [-0.25, -0.2) is 0 Å². The van der Waals surface area contributed by atoms with Gasteiger partial charge in [0.05, 0.1) is 0 Å². The van der Waals surface area contributed by atoms with Crippen molar-refractivity contribution in [2.75, 3.05) is 12.8 Å². The van der Waals surface area contributed by atoms with Crippen LogP contribution in [0.15, 0.2) is 18.2 Å². The molecule has 1 saturated heterocycles. The van der Waals surface area contributed by atoms with Crippen LogP contribution in [0.4, 0.5) is 0 Å². The minimum atomic E-state index is 0.544. The molecule has 1 aliphatic rings. The lowest BCUT2D eigenvalue weighted by Crippen LogP contribution is -2.36. The molecule has 1 aliphatic heterocycles. The van der Waals surface area contributed by atoms with Gasteiger partial charge in [0, 0.05) is 16.3 Å². The largest absolute Gasteiger partial charge is 0.316 e. The molecule has 1 heterocycles. The summed E-state index contributed by atoms with van der Waals surface area (Å²) in [5, 5.41) is 5.11. The van der Waals surface area contributed by atoms with Gasteiger partial charge in [0.25, 0.3) is 0 Å². The van der Waals surface area contributed by atoms with E-state index in [1.165, 1.54) is 29.7 Å². The van der Waals surface area contributed by atoms with Gasteiger partial charge in [-0.2, -0.15) is 11.8 Å². The number of halogens is 1. The van der Waals surface area contributed by atoms with E-state index in [-0.39, 0.29) is 0 Å². The smallest absolute Gasteiger partial charge is 0.0441 e. The highest BCUT2D eigenvalue weighted by molar-refractivity contribution is 8.00. The topological polar surface area (TPSA) is 12.0 Å². The first kappa shape index (κ1) is 13.3. The van der Waals surface area contributed by atoms with Crippen molar-refractivity contribution >= 4 is 23.4 Å². The third kappa shape index (κ3) is 3.40. The van der Waals surface area contributed by atoms with Crippen molar-refractivity contribution in [2.24, 2.45) is 0 Å². The second-order valence-electron chi connectivity index (χ2n) is 4.75. The lowest BCUT2D eigenvalue weighted by molar-refractivity contribution is 0.524. The van der Waals surface area contributed by atoms with E-state index < -0.39 is 0 Å². The standard InChI is InChI=1S/C14H20ClNS/c1-10-5-6-11(12(15)8-10)9-13(16-2)14-4-3-7-17-14/h5-6,8,13-14,16H,3-4,7,9H2,1-2H3. The van der Waals surface area contributed by atoms with Crippen LogP contribution >= 0.6 is 23.4 Å². The molecule has 1 N–H and O–H groups in total. The van der Waals surface area contributed by atoms with E-state index in [0.29, 0.717) is 6.04 Å². The summed E-state index contributed by atoms with van der Waals surface area (Å²) in [5.41, 5.74) is 2.50. The summed E-state index contributed by atoms with van der Waals surface area (Å²) >= 11 is 8.40. The third-order valence-corrected chi connectivity index (χ3v) is 5.30. The summed E-state index contributed by atoms with van der Waals surface area (Å²) in [6, 6.07) is 6.92. The fourth-order valence-electron chi connectivity index (χ4n) is 2.39. The fraction of sp³-hybridized carbons (Fsp3) is 0.571. The van der Waals surface area contributed by atoms with Gasteiger partial charge in [-0.1, -0.05) is 23.7 Å². The Hall–Kier alpha value is -0.180. The summed E-state index contributed by atoms with van der Waals surface area (Å²) in [7, 11) is 2.06. The maximum Gasteiger partial charge on any atom is 0.0441 e. The van der Waals surface area contributed by atoms with E-state index in [1.807, 2.05) is 0 Å². The minimum absolute atomic E-state index is 0.544. The number of likely N-dealkylation sites (N-methyl/N-ethyl adjacent to an activating group) is 1. The molecule has 0 radical (unpaired) electrons. The molecule has 1 nitrogen and oxygen atoms in total. The highest BCUT2D eigenvalue weighted by Gasteiger charge is 2.24. The van der Waals surface area contributed by atoms with Crippen molar-refractivity contribution in [3.8, 4) is 0 Å². The Kier molecular flexibility index (Phi) is 4.78. The predicted octanol–water partition coefficient (Wildman–Crippen LogP) is 3.67. The van der Waals surface area contributed by atoms with Crippen LogP contribution in [0.1, 0.15) is 24.0 Å². The lowest BCUT2D eigenvalue weighted by atomic mass is 10.00. The van der Waals surface area contributed by atoms with Crippen LogP contribution in [0.5, 0.6) is 0 Å². The van der Waals surface area contributed by atoms with Gasteiger partial charge in [0.2, 0.25) is 0 Å². The van der Waals surface area contributed by atoms with E-state index >= 15 is 0 Å². The van der Waals surface area contributed by atoms with Crippen LogP contribution in [0.25, 0.3) is 0 Å². The molecule has 0 spiro atoms. The number of rotatable bonds is 4. The van der Waals surface area contributed by atoms with Crippen molar-refractivity contribution in [1.29, 1.82) is 0 Å². The van der Waals surface area contributed by atoms with E-state index in [9.17, 15) is 0 Å². The van der Waals surface area contributed by atoms with Gasteiger partial charge in [-0.15, -0.1) is 0 Å². The van der Waals surface area contributed by atoms with Crippen molar-refractivity contribution in [3.63, 3.8) is 0 Å². The van der Waals surface area contributed by atoms with Gasteiger partial charge in [0.1, 0.15) is 0 Å². The Labute approximate surface area is 113 Å². The van der Waals surface area contributed by atoms with Crippen LogP contribution < -0.4 is 5.32 Å². The van der Waals surface area contributed by atoms with Crippen LogP contribution in [0.2, 0.25) is 5.02 Å². The lowest BCUT2D eigenvalue weighted by Gasteiger charge is -2.23. The van der Waals surface area contributed by atoms with Gasteiger partial charge in [-0.05, 0) is 56.2 Å². The molecule has 94 valence electrons. The first-order valence-electron chi connectivity index (χ1n) is 6.24. The fourth-order valence-corrected chi connectivity index (χ4v) is 4.14. The highest BCUT2D eigenvalue weighted by Crippen LogP contribution is 2.31. The number of nitrogens with one attached hydrogen (secondary N) is 1. The summed E-state index contributed by atoms with van der Waals surface area (Å²) in [6.45, 7) is 2.08. The van der Waals surface area contributed by atoms with Gasteiger partial charge in [-0.3, -0.25) is 0 Å². The van der Waals surface area contributed by atoms with E-state index in [4.69, 9.17) is 11.6 Å². The van der Waals surface area contributed by atoms with Gasteiger partial charge in [0.15, 0.2) is 0 Å². The summed E-state index contributed by atoms with van der Waals surface area (Å²) in [5.74, 6) is 1.31. The van der Waals surface area contributed by atoms with Gasteiger partial charge >= 0.3 is 0 Å². The molecular weight excluding hydrogens is 250 g/mol. The van der Waals surface area contributed by atoms with E-state index in [2.05, 4.69) is 49.2 Å². The maximum absolute atomic E-state index is 6.30. The molecule has 1 aromatic carbocycles. The summed E-state index contributed by atoms with van der Waals surface area (Å²) in [4.78, 5) is 0. The Morgan fingerprint density at radius 2 is 2.35 bits per heavy atom. The normalized spacial score (nSPS) is 21.7. The number of aryl methyl sites for hydroxylation is 1. The molecule has 2 rings (SSSR count). The van der Waals surface area contributed by atoms with Crippen LogP contribution in [-0.2, 0) is 6.42 Å². The molecule has 3 heteroatoms. The molecule has 0 saturated carbocycles. The second-order valence-corrected chi connectivity index (χ2v) is 6.50. The number of benzene rings is 1. The summed E-state index contributed by atoms with van der Waals surface area (Å²) < 4.78 is 0. The third-order valence-electron chi connectivity index (χ3n) is 3.43. The molecule has 1 aromatic rings. The van der Waals surface area contributed by atoms with E-state index in [0.717, 1.165) is 16.7 Å². The number of hydrogen-bond acceptors (Lipinski definition) is 2. The number of hydrogen-bond donors (Lipinski definition) is 1. The first-order valence-corrected chi connectivity index (χ1v) is 7.67. The first-order chi connectivity index (χ1) is 8.20. The molecule has 0 aromatic heterocycles. The zero-order chi connectivity index (χ0) is 12.3. The van der Waals surface area contributed by atoms with Gasteiger partial charge < -0.3 is 5.32 Å². The Balaban J connectivity index is 2.06. The van der Waals surface area contributed by atoms with Crippen LogP contribution in [0.3, 0.4) is 0 Å². The quantitative estimate of drug-likeness (QED) is 0.895. The predicted molar refractivity (Wildman–Crippen MR) is 78.2 cm³/mol. The van der Waals surface area contributed by atoms with Crippen molar-refractivity contribution < 1.29 is 0 Å². The monoisotopic (exact) mass is 269 g/mol. The SMILES string of the molecule is CNC(Cc1ccc(C)cc1Cl)C1CCCS1. The van der Waals surface area contributed by atoms with E-state index in [1.54, 1.807) is 0 Å². The molecule has 2 unspecified atom stereocenters. The Bertz CT molecular complexity index is 374. The molecular formula is C14H20ClNS. The van der Waals surface area contributed by atoms with Crippen molar-refractivity contribution in [2.45, 2.75) is 37.5 Å². The minimum Gasteiger partial charge on any atom is -0.316 e. The van der Waals surface area contributed by atoms with Crippen LogP contribution in [0, 0.1) is 6.92 Å². The molecule has 1 fully saturated rings. The summed E-state index contributed by atoms with van der Waals surface area (Å²) in [6.07, 6.45) is 3.72. The number of thioether (sulfide) groups is 1.